The van der Waals surface area contributed by atoms with Gasteiger partial charge in [-0.05, 0) is 24.7 Å². The monoisotopic (exact) mass is 210 g/mol. The first kappa shape index (κ1) is 16.5. The van der Waals surface area contributed by atoms with Crippen molar-refractivity contribution in [3.8, 4) is 0 Å². The standard InChI is InChI=1S/C10H20O2.K/c1-10(2,3)8-6-4-5-7-9(11)12;/h4-8H2,1-3H3,(H,11,12);/q;+1/p-1. The van der Waals surface area contributed by atoms with E-state index in [1.807, 2.05) is 0 Å². The van der Waals surface area contributed by atoms with E-state index in [0.29, 0.717) is 5.41 Å². The average Bonchev–Trinajstić information content (AvgIpc) is 1.83. The molecule has 72 valence electrons. The van der Waals surface area contributed by atoms with Crippen molar-refractivity contribution >= 4 is 5.97 Å². The number of carbonyl (C=O) groups is 1. The summed E-state index contributed by atoms with van der Waals surface area (Å²) in [7, 11) is 0. The van der Waals surface area contributed by atoms with E-state index in [9.17, 15) is 9.90 Å². The molecule has 0 atom stereocenters. The fraction of sp³-hybridized carbons (Fsp3) is 0.900. The maximum Gasteiger partial charge on any atom is 1.00 e. The molecule has 0 aromatic carbocycles. The molecule has 13 heavy (non-hydrogen) atoms. The Bertz CT molecular complexity index is 138. The number of unbranched alkanes of at least 4 members (excludes halogenated alkanes) is 2. The first-order valence-electron chi connectivity index (χ1n) is 4.62. The molecule has 0 saturated heterocycles. The van der Waals surface area contributed by atoms with E-state index >= 15 is 0 Å². The summed E-state index contributed by atoms with van der Waals surface area (Å²) in [5, 5.41) is 10.0. The minimum atomic E-state index is -0.925. The van der Waals surface area contributed by atoms with E-state index in [2.05, 4.69) is 20.8 Å². The van der Waals surface area contributed by atoms with Crippen LogP contribution in [0.5, 0.6) is 0 Å². The minimum Gasteiger partial charge on any atom is -0.550 e. The zero-order chi connectivity index (χ0) is 9.61. The Balaban J connectivity index is 0. The molecular weight excluding hydrogens is 191 g/mol. The molecule has 0 fully saturated rings. The van der Waals surface area contributed by atoms with Gasteiger partial charge < -0.3 is 9.90 Å². The van der Waals surface area contributed by atoms with Crippen molar-refractivity contribution in [2.24, 2.45) is 5.41 Å². The van der Waals surface area contributed by atoms with Crippen LogP contribution in [0.25, 0.3) is 0 Å². The van der Waals surface area contributed by atoms with E-state index < -0.39 is 5.97 Å². The smallest absolute Gasteiger partial charge is 0.550 e. The molecule has 0 radical (unpaired) electrons. The Morgan fingerprint density at radius 3 is 2.08 bits per heavy atom. The zero-order valence-corrected chi connectivity index (χ0v) is 12.5. The van der Waals surface area contributed by atoms with Gasteiger partial charge in [-0.2, -0.15) is 0 Å². The first-order chi connectivity index (χ1) is 5.42. The van der Waals surface area contributed by atoms with E-state index in [1.54, 1.807) is 0 Å². The molecule has 0 N–H and O–H groups in total. The summed E-state index contributed by atoms with van der Waals surface area (Å²) in [5.74, 6) is -0.925. The fourth-order valence-corrected chi connectivity index (χ4v) is 1.10. The number of rotatable bonds is 5. The molecule has 0 spiro atoms. The third-order valence-corrected chi connectivity index (χ3v) is 1.81. The maximum absolute atomic E-state index is 10.0. The van der Waals surface area contributed by atoms with Gasteiger partial charge in [-0.25, -0.2) is 0 Å². The molecule has 0 rings (SSSR count). The molecule has 2 nitrogen and oxygen atoms in total. The Morgan fingerprint density at radius 1 is 1.15 bits per heavy atom. The largest absolute Gasteiger partial charge is 1.00 e. The van der Waals surface area contributed by atoms with Gasteiger partial charge in [-0.3, -0.25) is 0 Å². The van der Waals surface area contributed by atoms with Gasteiger partial charge in [0, 0.05) is 5.97 Å². The van der Waals surface area contributed by atoms with Crippen molar-refractivity contribution in [3.05, 3.63) is 0 Å². The van der Waals surface area contributed by atoms with Gasteiger partial charge in [0.05, 0.1) is 0 Å². The van der Waals surface area contributed by atoms with Crippen molar-refractivity contribution in [1.82, 2.24) is 0 Å². The molecule has 0 aliphatic carbocycles. The van der Waals surface area contributed by atoms with Gasteiger partial charge in [0.25, 0.3) is 0 Å². The van der Waals surface area contributed by atoms with E-state index in [1.165, 1.54) is 6.42 Å². The van der Waals surface area contributed by atoms with E-state index in [4.69, 9.17) is 0 Å². The third-order valence-electron chi connectivity index (χ3n) is 1.81. The van der Waals surface area contributed by atoms with E-state index in [0.717, 1.165) is 19.3 Å². The summed E-state index contributed by atoms with van der Waals surface area (Å²) in [6.07, 6.45) is 4.27. The normalized spacial score (nSPS) is 10.7. The molecule has 0 aliphatic heterocycles. The third kappa shape index (κ3) is 15.8. The summed E-state index contributed by atoms with van der Waals surface area (Å²) in [5.41, 5.74) is 0.376. The van der Waals surface area contributed by atoms with Crippen LogP contribution in [0, 0.1) is 5.41 Å². The number of hydrogen-bond donors (Lipinski definition) is 0. The van der Waals surface area contributed by atoms with Crippen molar-refractivity contribution < 1.29 is 61.3 Å². The molecule has 0 unspecified atom stereocenters. The first-order valence-corrected chi connectivity index (χ1v) is 4.62. The second-order valence-electron chi connectivity index (χ2n) is 4.49. The van der Waals surface area contributed by atoms with Gasteiger partial charge in [0.2, 0.25) is 0 Å². The van der Waals surface area contributed by atoms with Gasteiger partial charge >= 0.3 is 51.4 Å². The summed E-state index contributed by atoms with van der Waals surface area (Å²) < 4.78 is 0. The molecule has 0 bridgehead atoms. The minimum absolute atomic E-state index is 0. The summed E-state index contributed by atoms with van der Waals surface area (Å²) >= 11 is 0. The van der Waals surface area contributed by atoms with Crippen molar-refractivity contribution in [2.75, 3.05) is 0 Å². The van der Waals surface area contributed by atoms with Gasteiger partial charge in [0.1, 0.15) is 0 Å². The number of carbonyl (C=O) groups excluding carboxylic acids is 1. The predicted octanol–water partition coefficient (Wildman–Crippen LogP) is -1.26. The van der Waals surface area contributed by atoms with Crippen LogP contribution < -0.4 is 56.5 Å². The van der Waals surface area contributed by atoms with Crippen LogP contribution in [0.4, 0.5) is 0 Å². The summed E-state index contributed by atoms with van der Waals surface area (Å²) in [6.45, 7) is 6.60. The molecule has 0 aromatic rings. The Hall–Kier alpha value is 1.11. The van der Waals surface area contributed by atoms with Crippen molar-refractivity contribution in [3.63, 3.8) is 0 Å². The van der Waals surface area contributed by atoms with Crippen LogP contribution in [0.2, 0.25) is 0 Å². The van der Waals surface area contributed by atoms with Crippen LogP contribution in [0.1, 0.15) is 52.9 Å². The topological polar surface area (TPSA) is 40.1 Å². The second kappa shape index (κ2) is 8.42. The average molecular weight is 210 g/mol. The molecule has 0 saturated carbocycles. The molecule has 0 aliphatic rings. The van der Waals surface area contributed by atoms with Crippen molar-refractivity contribution in [1.29, 1.82) is 0 Å². The maximum atomic E-state index is 10.0. The molecule has 0 amide bonds. The SMILES string of the molecule is CC(C)(C)CCCCCC(=O)[O-].[K+]. The summed E-state index contributed by atoms with van der Waals surface area (Å²) in [6, 6.07) is 0. The van der Waals surface area contributed by atoms with Crippen LogP contribution in [-0.2, 0) is 4.79 Å². The van der Waals surface area contributed by atoms with Crippen molar-refractivity contribution in [2.45, 2.75) is 52.9 Å². The zero-order valence-electron chi connectivity index (χ0n) is 9.35. The number of aliphatic carboxylic acids is 1. The quantitative estimate of drug-likeness (QED) is 0.420. The van der Waals surface area contributed by atoms with Crippen LogP contribution >= 0.6 is 0 Å². The number of carboxylic acid groups (broad SMARTS) is 1. The van der Waals surface area contributed by atoms with Crippen LogP contribution in [0.3, 0.4) is 0 Å². The Morgan fingerprint density at radius 2 is 1.69 bits per heavy atom. The molecular formula is C10H19KO2. The Kier molecular flexibility index (Phi) is 10.7. The second-order valence-corrected chi connectivity index (χ2v) is 4.49. The molecule has 0 heterocycles. The summed E-state index contributed by atoms with van der Waals surface area (Å²) in [4.78, 5) is 10.0. The van der Waals surface area contributed by atoms with Gasteiger partial charge in [-0.1, -0.05) is 33.6 Å². The Labute approximate surface area is 124 Å². The number of hydrogen-bond acceptors (Lipinski definition) is 2. The number of carboxylic acids is 1. The fourth-order valence-electron chi connectivity index (χ4n) is 1.10. The van der Waals surface area contributed by atoms with Crippen LogP contribution in [0.15, 0.2) is 0 Å². The molecule has 3 heteroatoms. The van der Waals surface area contributed by atoms with Gasteiger partial charge in [-0.15, -0.1) is 0 Å². The molecule has 0 aromatic heterocycles. The predicted molar refractivity (Wildman–Crippen MR) is 47.5 cm³/mol. The van der Waals surface area contributed by atoms with Gasteiger partial charge in [0.15, 0.2) is 0 Å². The van der Waals surface area contributed by atoms with Crippen LogP contribution in [-0.4, -0.2) is 5.97 Å². The van der Waals surface area contributed by atoms with E-state index in [-0.39, 0.29) is 57.8 Å².